The molecule has 0 atom stereocenters. The Morgan fingerprint density at radius 3 is 2.74 bits per heavy atom. The van der Waals surface area contributed by atoms with Gasteiger partial charge in [-0.05, 0) is 75.8 Å². The second kappa shape index (κ2) is 10.7. The van der Waals surface area contributed by atoms with Gasteiger partial charge in [-0.25, -0.2) is 4.52 Å². The van der Waals surface area contributed by atoms with Crippen LogP contribution in [0, 0.1) is 0 Å². The van der Waals surface area contributed by atoms with Crippen LogP contribution in [0.25, 0.3) is 21.4 Å². The summed E-state index contributed by atoms with van der Waals surface area (Å²) in [6, 6.07) is 21.3. The van der Waals surface area contributed by atoms with E-state index in [9.17, 15) is 9.59 Å². The highest BCUT2D eigenvalue weighted by atomic mass is 79.9. The maximum atomic E-state index is 14.3. The SMILES string of the molecule is CNc1nsc2cc(-n3c(=O)c4c(n5ncc(Cc6ccccc6)c35)CN(C(=O)c3ccc(Br)c(Cl)c3)CC4)ccc12. The summed E-state index contributed by atoms with van der Waals surface area (Å²) < 4.78 is 9.83. The van der Waals surface area contributed by atoms with E-state index in [-0.39, 0.29) is 18.0 Å². The maximum absolute atomic E-state index is 14.3. The van der Waals surface area contributed by atoms with Crippen molar-refractivity contribution in [3.8, 4) is 5.69 Å². The molecular formula is C31H24BrClN6O2S. The average molecular weight is 660 g/mol. The van der Waals surface area contributed by atoms with Crippen molar-refractivity contribution in [1.29, 1.82) is 0 Å². The molecule has 7 rings (SSSR count). The minimum atomic E-state index is -0.139. The molecule has 11 heteroatoms. The van der Waals surface area contributed by atoms with Crippen LogP contribution in [0.1, 0.15) is 32.7 Å². The van der Waals surface area contributed by atoms with Gasteiger partial charge in [-0.15, -0.1) is 0 Å². The van der Waals surface area contributed by atoms with E-state index < -0.39 is 0 Å². The summed E-state index contributed by atoms with van der Waals surface area (Å²) in [5.74, 6) is 0.676. The van der Waals surface area contributed by atoms with E-state index in [1.54, 1.807) is 27.7 Å². The third-order valence-electron chi connectivity index (χ3n) is 7.71. The molecule has 0 radical (unpaired) electrons. The number of nitrogens with zero attached hydrogens (tertiary/aromatic N) is 5. The van der Waals surface area contributed by atoms with Crippen LogP contribution in [0.3, 0.4) is 0 Å². The molecule has 0 saturated heterocycles. The van der Waals surface area contributed by atoms with Gasteiger partial charge in [0.25, 0.3) is 11.5 Å². The lowest BCUT2D eigenvalue weighted by molar-refractivity contribution is 0.0729. The summed E-state index contributed by atoms with van der Waals surface area (Å²) in [6.07, 6.45) is 2.86. The fourth-order valence-electron chi connectivity index (χ4n) is 5.63. The Labute approximate surface area is 258 Å². The first-order valence-corrected chi connectivity index (χ1v) is 15.4. The summed E-state index contributed by atoms with van der Waals surface area (Å²) >= 11 is 11.1. The zero-order valence-corrected chi connectivity index (χ0v) is 25.6. The zero-order chi connectivity index (χ0) is 29.0. The highest BCUT2D eigenvalue weighted by Crippen LogP contribution is 2.31. The zero-order valence-electron chi connectivity index (χ0n) is 22.5. The largest absolute Gasteiger partial charge is 0.372 e. The lowest BCUT2D eigenvalue weighted by atomic mass is 10.0. The highest BCUT2D eigenvalue weighted by Gasteiger charge is 2.29. The van der Waals surface area contributed by atoms with E-state index in [4.69, 9.17) is 16.7 Å². The van der Waals surface area contributed by atoms with Crippen molar-refractivity contribution in [2.45, 2.75) is 19.4 Å². The van der Waals surface area contributed by atoms with E-state index in [0.717, 1.165) is 42.9 Å². The van der Waals surface area contributed by atoms with Crippen molar-refractivity contribution in [1.82, 2.24) is 23.5 Å². The number of carbonyl (C=O) groups excluding carboxylic acids is 1. The van der Waals surface area contributed by atoms with E-state index in [0.29, 0.717) is 41.2 Å². The number of nitrogens with one attached hydrogen (secondary N) is 1. The molecule has 210 valence electrons. The van der Waals surface area contributed by atoms with E-state index in [1.807, 2.05) is 54.2 Å². The molecular weight excluding hydrogens is 636 g/mol. The Kier molecular flexibility index (Phi) is 6.84. The molecule has 0 unspecified atom stereocenters. The molecule has 8 nitrogen and oxygen atoms in total. The first-order chi connectivity index (χ1) is 20.4. The normalized spacial score (nSPS) is 13.1. The van der Waals surface area contributed by atoms with Crippen molar-refractivity contribution >= 4 is 66.5 Å². The van der Waals surface area contributed by atoms with Gasteiger partial charge in [0.15, 0.2) is 0 Å². The summed E-state index contributed by atoms with van der Waals surface area (Å²) in [6.45, 7) is 0.679. The van der Waals surface area contributed by atoms with Crippen LogP contribution in [0.2, 0.25) is 5.02 Å². The summed E-state index contributed by atoms with van der Waals surface area (Å²) in [7, 11) is 1.85. The predicted octanol–water partition coefficient (Wildman–Crippen LogP) is 6.34. The van der Waals surface area contributed by atoms with Crippen LogP contribution in [0.15, 0.2) is 82.2 Å². The molecule has 1 aliphatic rings. The van der Waals surface area contributed by atoms with Gasteiger partial charge in [0.2, 0.25) is 0 Å². The highest BCUT2D eigenvalue weighted by molar-refractivity contribution is 9.10. The van der Waals surface area contributed by atoms with Crippen molar-refractivity contribution in [2.75, 3.05) is 18.9 Å². The Morgan fingerprint density at radius 1 is 1.12 bits per heavy atom. The monoisotopic (exact) mass is 658 g/mol. The number of anilines is 1. The van der Waals surface area contributed by atoms with Crippen molar-refractivity contribution < 1.29 is 4.79 Å². The molecule has 42 heavy (non-hydrogen) atoms. The maximum Gasteiger partial charge on any atom is 0.261 e. The summed E-state index contributed by atoms with van der Waals surface area (Å²) in [4.78, 5) is 29.6. The van der Waals surface area contributed by atoms with Crippen LogP contribution in [-0.4, -0.2) is 43.0 Å². The molecule has 1 N–H and O–H groups in total. The number of amides is 1. The average Bonchev–Trinajstić information content (AvgIpc) is 3.62. The standard InChI is InChI=1S/C31H24BrClN6O2S/c1-34-28-23-9-8-21(15-27(23)42-36-28)38-29-20(13-18-5-3-2-4-6-18)16-35-39(29)26-17-37(12-11-22(26)31(38)41)30(40)19-7-10-24(32)25(33)14-19/h2-10,14-16H,11-13,17H2,1H3,(H,34,36). The van der Waals surface area contributed by atoms with E-state index in [2.05, 4.69) is 37.8 Å². The van der Waals surface area contributed by atoms with Gasteiger partial charge in [0.05, 0.1) is 33.8 Å². The van der Waals surface area contributed by atoms with Crippen LogP contribution >= 0.6 is 39.1 Å². The smallest absolute Gasteiger partial charge is 0.261 e. The van der Waals surface area contributed by atoms with Gasteiger partial charge in [-0.1, -0.05) is 41.9 Å². The Balaban J connectivity index is 1.39. The van der Waals surface area contributed by atoms with Crippen molar-refractivity contribution in [2.24, 2.45) is 0 Å². The van der Waals surface area contributed by atoms with Crippen LogP contribution in [0.5, 0.6) is 0 Å². The molecule has 1 amide bonds. The molecule has 3 aromatic carbocycles. The summed E-state index contributed by atoms with van der Waals surface area (Å²) in [5, 5.41) is 9.41. The number of rotatable bonds is 5. The van der Waals surface area contributed by atoms with E-state index >= 15 is 0 Å². The number of halogens is 2. The van der Waals surface area contributed by atoms with Crippen LogP contribution < -0.4 is 10.9 Å². The first-order valence-electron chi connectivity index (χ1n) is 13.4. The van der Waals surface area contributed by atoms with Gasteiger partial charge in [-0.2, -0.15) is 9.47 Å². The quantitative estimate of drug-likeness (QED) is 0.234. The molecule has 0 spiro atoms. The third kappa shape index (κ3) is 4.50. The number of carbonyl (C=O) groups is 1. The number of hydrogen-bond acceptors (Lipinski definition) is 6. The molecule has 0 saturated carbocycles. The minimum absolute atomic E-state index is 0.0937. The second-order valence-electron chi connectivity index (χ2n) is 10.2. The summed E-state index contributed by atoms with van der Waals surface area (Å²) in [5.41, 5.74) is 5.28. The van der Waals surface area contributed by atoms with Crippen molar-refractivity contribution in [3.05, 3.63) is 121 Å². The Morgan fingerprint density at radius 2 is 1.95 bits per heavy atom. The molecule has 3 aromatic heterocycles. The van der Waals surface area contributed by atoms with Gasteiger partial charge >= 0.3 is 0 Å². The van der Waals surface area contributed by atoms with Crippen LogP contribution in [-0.2, 0) is 19.4 Å². The second-order valence-corrected chi connectivity index (χ2v) is 12.3. The number of benzene rings is 3. The Bertz CT molecular complexity index is 2070. The molecule has 0 bridgehead atoms. The van der Waals surface area contributed by atoms with Gasteiger partial charge in [-0.3, -0.25) is 14.2 Å². The molecule has 0 fully saturated rings. The lowest BCUT2D eigenvalue weighted by Gasteiger charge is -2.30. The fraction of sp³-hybridized carbons (Fsp3) is 0.161. The first kappa shape index (κ1) is 26.9. The molecule has 1 aliphatic heterocycles. The van der Waals surface area contributed by atoms with Gasteiger partial charge < -0.3 is 10.2 Å². The molecule has 4 heterocycles. The predicted molar refractivity (Wildman–Crippen MR) is 170 cm³/mol. The third-order valence-corrected chi connectivity index (χ3v) is 9.75. The van der Waals surface area contributed by atoms with Crippen molar-refractivity contribution in [3.63, 3.8) is 0 Å². The fourth-order valence-corrected chi connectivity index (χ4v) is 6.87. The number of hydrogen-bond donors (Lipinski definition) is 1. The minimum Gasteiger partial charge on any atom is -0.372 e. The van der Waals surface area contributed by atoms with Gasteiger partial charge in [0, 0.05) is 46.6 Å². The number of aromatic nitrogens is 4. The number of fused-ring (bicyclic) bond motifs is 4. The van der Waals surface area contributed by atoms with Gasteiger partial charge in [0.1, 0.15) is 11.5 Å². The van der Waals surface area contributed by atoms with Crippen LogP contribution in [0.4, 0.5) is 5.82 Å². The lowest BCUT2D eigenvalue weighted by Crippen LogP contribution is -2.41. The molecule has 6 aromatic rings. The van der Waals surface area contributed by atoms with E-state index in [1.165, 1.54) is 11.5 Å². The Hall–Kier alpha value is -3.99. The molecule has 0 aliphatic carbocycles. The topological polar surface area (TPSA) is 84.5 Å².